The van der Waals surface area contributed by atoms with Gasteiger partial charge >= 0.3 is 0 Å². The third-order valence-corrected chi connectivity index (χ3v) is 4.52. The van der Waals surface area contributed by atoms with E-state index >= 15 is 0 Å². The number of aliphatic hydroxyl groups excluding tert-OH is 1. The molecule has 0 bridgehead atoms. The molecule has 2 aromatic rings. The van der Waals surface area contributed by atoms with E-state index in [1.807, 2.05) is 48.7 Å². The molecular weight excluding hydrogens is 368 g/mol. The summed E-state index contributed by atoms with van der Waals surface area (Å²) in [5, 5.41) is 10.6. The van der Waals surface area contributed by atoms with Crippen molar-refractivity contribution in [2.45, 2.75) is 32.7 Å². The number of carbonyl (C=O) groups excluding carboxylic acids is 1. The number of halogens is 1. The average Bonchev–Trinajstić information content (AvgIpc) is 2.62. The van der Waals surface area contributed by atoms with Crippen LogP contribution in [-0.2, 0) is 12.0 Å². The smallest absolute Gasteiger partial charge is 0.251 e. The molecule has 0 aromatic heterocycles. The van der Waals surface area contributed by atoms with Crippen molar-refractivity contribution in [1.29, 1.82) is 0 Å². The van der Waals surface area contributed by atoms with Crippen molar-refractivity contribution >= 4 is 35.1 Å². The number of amides is 1. The summed E-state index contributed by atoms with van der Waals surface area (Å²) in [5.74, 6) is -0.0992. The van der Waals surface area contributed by atoms with E-state index in [1.165, 1.54) is 17.5 Å². The molecular formula is C20H27ClN2O2S. The zero-order valence-electron chi connectivity index (χ0n) is 15.9. The van der Waals surface area contributed by atoms with E-state index < -0.39 is 0 Å². The quantitative estimate of drug-likeness (QED) is 0.633. The SMILES string of the molecule is CO.CSNc1ccc(CNC(=O)c2ccc(C(C)(C)C)cc2)c(Cl)c1. The highest BCUT2D eigenvalue weighted by molar-refractivity contribution is 7.99. The largest absolute Gasteiger partial charge is 0.400 e. The van der Waals surface area contributed by atoms with Gasteiger partial charge in [0.2, 0.25) is 0 Å². The standard InChI is InChI=1S/C19H23ClN2OS.CH4O/c1-19(2,3)15-8-5-13(6-9-15)18(23)21-12-14-7-10-16(22-24-4)11-17(14)20;1-2/h5-11,22H,12H2,1-4H3,(H,21,23);2H,1H3. The first kappa shape index (κ1) is 22.4. The second-order valence-electron chi connectivity index (χ2n) is 6.62. The molecule has 0 spiro atoms. The fourth-order valence-corrected chi connectivity index (χ4v) is 2.88. The van der Waals surface area contributed by atoms with Gasteiger partial charge in [-0.2, -0.15) is 0 Å². The molecule has 26 heavy (non-hydrogen) atoms. The summed E-state index contributed by atoms with van der Waals surface area (Å²) in [4.78, 5) is 12.3. The topological polar surface area (TPSA) is 61.4 Å². The highest BCUT2D eigenvalue weighted by Gasteiger charge is 2.14. The van der Waals surface area contributed by atoms with E-state index in [1.54, 1.807) is 0 Å². The van der Waals surface area contributed by atoms with Crippen molar-refractivity contribution < 1.29 is 9.90 Å². The van der Waals surface area contributed by atoms with Gasteiger partial charge < -0.3 is 15.1 Å². The van der Waals surface area contributed by atoms with E-state index in [0.29, 0.717) is 17.1 Å². The molecule has 4 nitrogen and oxygen atoms in total. The van der Waals surface area contributed by atoms with Crippen LogP contribution in [0.2, 0.25) is 5.02 Å². The maximum atomic E-state index is 12.3. The third-order valence-electron chi connectivity index (χ3n) is 3.73. The summed E-state index contributed by atoms with van der Waals surface area (Å²) in [7, 11) is 1.00. The summed E-state index contributed by atoms with van der Waals surface area (Å²) in [5.41, 5.74) is 3.77. The van der Waals surface area contributed by atoms with Crippen LogP contribution in [0.25, 0.3) is 0 Å². The van der Waals surface area contributed by atoms with Crippen molar-refractivity contribution in [3.8, 4) is 0 Å². The predicted molar refractivity (Wildman–Crippen MR) is 113 cm³/mol. The Morgan fingerprint density at radius 1 is 1.12 bits per heavy atom. The molecule has 3 N–H and O–H groups in total. The normalized spacial score (nSPS) is 10.6. The Hall–Kier alpha value is -1.69. The molecule has 0 saturated heterocycles. The van der Waals surface area contributed by atoms with Gasteiger partial charge in [0.05, 0.1) is 0 Å². The second kappa shape index (κ2) is 10.5. The molecule has 0 fully saturated rings. The van der Waals surface area contributed by atoms with E-state index in [-0.39, 0.29) is 11.3 Å². The summed E-state index contributed by atoms with van der Waals surface area (Å²) in [6, 6.07) is 13.5. The first-order chi connectivity index (χ1) is 12.3. The molecule has 0 aliphatic heterocycles. The van der Waals surface area contributed by atoms with Crippen molar-refractivity contribution in [3.05, 3.63) is 64.2 Å². The molecule has 2 aromatic carbocycles. The molecule has 0 atom stereocenters. The molecule has 2 rings (SSSR count). The fraction of sp³-hybridized carbons (Fsp3) is 0.350. The summed E-state index contributed by atoms with van der Waals surface area (Å²) < 4.78 is 3.13. The Kier molecular flexibility index (Phi) is 8.99. The Labute approximate surface area is 165 Å². The van der Waals surface area contributed by atoms with Gasteiger partial charge in [0.15, 0.2) is 0 Å². The van der Waals surface area contributed by atoms with Crippen LogP contribution in [0.15, 0.2) is 42.5 Å². The Bertz CT molecular complexity index is 713. The number of rotatable bonds is 5. The Balaban J connectivity index is 0.00000163. The van der Waals surface area contributed by atoms with Gasteiger partial charge in [-0.3, -0.25) is 4.79 Å². The van der Waals surface area contributed by atoms with Crippen molar-refractivity contribution in [2.75, 3.05) is 18.1 Å². The average molecular weight is 395 g/mol. The zero-order valence-corrected chi connectivity index (χ0v) is 17.5. The first-order valence-corrected chi connectivity index (χ1v) is 9.82. The molecule has 0 aliphatic rings. The van der Waals surface area contributed by atoms with E-state index in [2.05, 4.69) is 30.8 Å². The predicted octanol–water partition coefficient (Wildman–Crippen LogP) is 4.87. The van der Waals surface area contributed by atoms with Crippen LogP contribution in [0.5, 0.6) is 0 Å². The minimum atomic E-state index is -0.0992. The maximum absolute atomic E-state index is 12.3. The number of benzene rings is 2. The number of carbonyl (C=O) groups is 1. The molecule has 1 amide bonds. The third kappa shape index (κ3) is 6.56. The van der Waals surface area contributed by atoms with Gasteiger partial charge in [-0.05, 0) is 40.8 Å². The lowest BCUT2D eigenvalue weighted by atomic mass is 9.87. The van der Waals surface area contributed by atoms with Crippen LogP contribution in [0.1, 0.15) is 42.3 Å². The van der Waals surface area contributed by atoms with E-state index in [0.717, 1.165) is 18.4 Å². The zero-order chi connectivity index (χ0) is 19.7. The van der Waals surface area contributed by atoms with Gasteiger partial charge in [0.25, 0.3) is 5.91 Å². The Morgan fingerprint density at radius 3 is 2.23 bits per heavy atom. The van der Waals surface area contributed by atoms with Gasteiger partial charge in [-0.15, -0.1) is 0 Å². The minimum absolute atomic E-state index is 0.0785. The molecule has 0 saturated carbocycles. The number of aliphatic hydroxyl groups is 1. The molecule has 0 radical (unpaired) electrons. The minimum Gasteiger partial charge on any atom is -0.400 e. The van der Waals surface area contributed by atoms with E-state index in [4.69, 9.17) is 16.7 Å². The van der Waals surface area contributed by atoms with Crippen LogP contribution in [-0.4, -0.2) is 24.4 Å². The second-order valence-corrected chi connectivity index (χ2v) is 7.64. The highest BCUT2D eigenvalue weighted by atomic mass is 35.5. The van der Waals surface area contributed by atoms with Crippen molar-refractivity contribution in [2.24, 2.45) is 0 Å². The van der Waals surface area contributed by atoms with Gasteiger partial charge in [-0.1, -0.05) is 62.5 Å². The number of anilines is 1. The van der Waals surface area contributed by atoms with Crippen LogP contribution in [0.3, 0.4) is 0 Å². The number of nitrogens with one attached hydrogen (secondary N) is 2. The monoisotopic (exact) mass is 394 g/mol. The van der Waals surface area contributed by atoms with Crippen LogP contribution in [0, 0.1) is 0 Å². The summed E-state index contributed by atoms with van der Waals surface area (Å²) >= 11 is 7.77. The first-order valence-electron chi connectivity index (χ1n) is 8.22. The van der Waals surface area contributed by atoms with Crippen molar-refractivity contribution in [1.82, 2.24) is 5.32 Å². The Morgan fingerprint density at radius 2 is 1.73 bits per heavy atom. The van der Waals surface area contributed by atoms with Gasteiger partial charge in [-0.25, -0.2) is 0 Å². The van der Waals surface area contributed by atoms with Crippen LogP contribution < -0.4 is 10.0 Å². The lowest BCUT2D eigenvalue weighted by molar-refractivity contribution is 0.0951. The van der Waals surface area contributed by atoms with E-state index in [9.17, 15) is 4.79 Å². The number of hydrogen-bond donors (Lipinski definition) is 3. The van der Waals surface area contributed by atoms with Crippen LogP contribution >= 0.6 is 23.5 Å². The molecule has 142 valence electrons. The lowest BCUT2D eigenvalue weighted by Crippen LogP contribution is -2.23. The fourth-order valence-electron chi connectivity index (χ4n) is 2.27. The van der Waals surface area contributed by atoms with Crippen molar-refractivity contribution in [3.63, 3.8) is 0 Å². The summed E-state index contributed by atoms with van der Waals surface area (Å²) in [6.07, 6.45) is 1.95. The lowest BCUT2D eigenvalue weighted by Gasteiger charge is -2.19. The number of hydrogen-bond acceptors (Lipinski definition) is 4. The molecule has 6 heteroatoms. The molecule has 0 aliphatic carbocycles. The highest BCUT2D eigenvalue weighted by Crippen LogP contribution is 2.23. The van der Waals surface area contributed by atoms with Crippen LogP contribution in [0.4, 0.5) is 5.69 Å². The summed E-state index contributed by atoms with van der Waals surface area (Å²) in [6.45, 7) is 6.86. The maximum Gasteiger partial charge on any atom is 0.251 e. The van der Waals surface area contributed by atoms with Gasteiger partial charge in [0, 0.05) is 36.2 Å². The molecule has 0 heterocycles. The molecule has 0 unspecified atom stereocenters. The van der Waals surface area contributed by atoms with Gasteiger partial charge in [0.1, 0.15) is 0 Å².